The van der Waals surface area contributed by atoms with E-state index in [9.17, 15) is 19.8 Å². The summed E-state index contributed by atoms with van der Waals surface area (Å²) in [4.78, 5) is 25.9. The van der Waals surface area contributed by atoms with E-state index in [1.165, 1.54) is 44.9 Å². The van der Waals surface area contributed by atoms with Gasteiger partial charge in [0.15, 0.2) is 0 Å². The summed E-state index contributed by atoms with van der Waals surface area (Å²) in [7, 11) is 0. The normalized spacial score (nSPS) is 14.1. The van der Waals surface area contributed by atoms with Gasteiger partial charge in [-0.2, -0.15) is 0 Å². The largest absolute Gasteiger partial charge is 0.462 e. The number of unbranched alkanes of at least 4 members (excludes halogenated alkanes) is 18. The smallest absolute Gasteiger partial charge is 0.306 e. The molecule has 0 aromatic heterocycles. The zero-order valence-electron chi connectivity index (χ0n) is 35.1. The van der Waals surface area contributed by atoms with Crippen molar-refractivity contribution in [2.24, 2.45) is 0 Å². The number of hydrogen-bond donors (Lipinski definition) is 3. The number of hydrogen-bond acceptors (Lipinski definition) is 5. The van der Waals surface area contributed by atoms with Gasteiger partial charge in [0.2, 0.25) is 5.91 Å². The number of aliphatic hydroxyl groups is 2. The van der Waals surface area contributed by atoms with Crippen molar-refractivity contribution >= 4 is 11.9 Å². The minimum absolute atomic E-state index is 0.0517. The second-order valence-corrected chi connectivity index (χ2v) is 14.9. The van der Waals surface area contributed by atoms with Crippen molar-refractivity contribution in [3.63, 3.8) is 0 Å². The molecule has 0 fully saturated rings. The van der Waals surface area contributed by atoms with Gasteiger partial charge in [-0.3, -0.25) is 9.59 Å². The Morgan fingerprint density at radius 2 is 1.00 bits per heavy atom. The molecule has 0 saturated heterocycles. The quantitative estimate of drug-likeness (QED) is 0.0252. The maximum absolute atomic E-state index is 13.1. The van der Waals surface area contributed by atoms with E-state index < -0.39 is 18.2 Å². The lowest BCUT2D eigenvalue weighted by Crippen LogP contribution is -2.46. The van der Waals surface area contributed by atoms with Crippen LogP contribution in [-0.4, -0.2) is 46.9 Å². The van der Waals surface area contributed by atoms with Crippen molar-refractivity contribution in [1.29, 1.82) is 0 Å². The third-order valence-corrected chi connectivity index (χ3v) is 9.60. The molecule has 54 heavy (non-hydrogen) atoms. The number of nitrogens with one attached hydrogen (secondary N) is 1. The van der Waals surface area contributed by atoms with Crippen LogP contribution >= 0.6 is 0 Å². The molecular formula is C48H83NO5. The predicted molar refractivity (Wildman–Crippen MR) is 231 cm³/mol. The second kappa shape index (κ2) is 41.5. The zero-order chi connectivity index (χ0) is 39.6. The van der Waals surface area contributed by atoms with Crippen LogP contribution < -0.4 is 5.32 Å². The van der Waals surface area contributed by atoms with Gasteiger partial charge in [-0.25, -0.2) is 0 Å². The van der Waals surface area contributed by atoms with E-state index in [1.54, 1.807) is 0 Å². The molecule has 6 heteroatoms. The first-order chi connectivity index (χ1) is 26.5. The fourth-order valence-corrected chi connectivity index (χ4v) is 6.23. The van der Waals surface area contributed by atoms with Crippen LogP contribution in [0.25, 0.3) is 0 Å². The molecule has 1 amide bonds. The van der Waals surface area contributed by atoms with Crippen LogP contribution in [0, 0.1) is 0 Å². The summed E-state index contributed by atoms with van der Waals surface area (Å²) >= 11 is 0. The molecule has 0 heterocycles. The fraction of sp³-hybridized carbons (Fsp3) is 0.708. The van der Waals surface area contributed by atoms with Crippen molar-refractivity contribution in [3.8, 4) is 0 Å². The highest BCUT2D eigenvalue weighted by molar-refractivity contribution is 5.77. The molecule has 0 radical (unpaired) electrons. The van der Waals surface area contributed by atoms with Crippen molar-refractivity contribution in [2.75, 3.05) is 6.61 Å². The van der Waals surface area contributed by atoms with Gasteiger partial charge in [-0.1, -0.05) is 190 Å². The first-order valence-corrected chi connectivity index (χ1v) is 22.2. The van der Waals surface area contributed by atoms with E-state index in [4.69, 9.17) is 4.74 Å². The van der Waals surface area contributed by atoms with Crippen molar-refractivity contribution < 1.29 is 24.5 Å². The van der Waals surface area contributed by atoms with Crippen molar-refractivity contribution in [1.82, 2.24) is 5.32 Å². The molecule has 310 valence electrons. The molecule has 3 atom stereocenters. The molecule has 0 bridgehead atoms. The molecule has 0 saturated carbocycles. The third-order valence-electron chi connectivity index (χ3n) is 9.60. The minimum atomic E-state index is -0.795. The molecule has 0 aromatic rings. The van der Waals surface area contributed by atoms with E-state index in [-0.39, 0.29) is 24.9 Å². The molecule has 0 aliphatic rings. The van der Waals surface area contributed by atoms with E-state index in [1.807, 2.05) is 24.3 Å². The van der Waals surface area contributed by atoms with Crippen molar-refractivity contribution in [2.45, 2.75) is 212 Å². The Bertz CT molecular complexity index is 1030. The van der Waals surface area contributed by atoms with Gasteiger partial charge in [0.05, 0.1) is 25.2 Å². The molecule has 0 aliphatic carbocycles. The van der Waals surface area contributed by atoms with Gasteiger partial charge in [-0.15, -0.1) is 0 Å². The van der Waals surface area contributed by atoms with E-state index in [0.29, 0.717) is 19.3 Å². The molecule has 3 N–H and O–H groups in total. The number of amides is 1. The van der Waals surface area contributed by atoms with Crippen LogP contribution in [0.5, 0.6) is 0 Å². The van der Waals surface area contributed by atoms with Gasteiger partial charge in [0.25, 0.3) is 0 Å². The summed E-state index contributed by atoms with van der Waals surface area (Å²) in [5, 5.41) is 23.5. The van der Waals surface area contributed by atoms with E-state index in [2.05, 4.69) is 74.7 Å². The van der Waals surface area contributed by atoms with Gasteiger partial charge >= 0.3 is 5.97 Å². The molecule has 0 spiro atoms. The topological polar surface area (TPSA) is 95.9 Å². The maximum atomic E-state index is 13.1. The number of aliphatic hydroxyl groups excluding tert-OH is 2. The van der Waals surface area contributed by atoms with Crippen LogP contribution in [0.1, 0.15) is 194 Å². The highest BCUT2D eigenvalue weighted by atomic mass is 16.5. The van der Waals surface area contributed by atoms with Crippen LogP contribution in [0.2, 0.25) is 0 Å². The average molecular weight is 754 g/mol. The SMILES string of the molecule is CCC/C=C\CCCCCC(CC(=O)NC(CO)C(O)CCCCCCCCCCC)OC(=O)CCCCCCC/C=C/C=C/C=C/C=C/C=C/CCC. The standard InChI is InChI=1S/C48H83NO5/c1-4-7-10-13-16-19-20-21-22-23-24-25-26-27-29-32-35-38-41-48(53)54-44(39-36-33-30-18-15-12-9-6-3)42-47(52)49-45(43-50)46(51)40-37-34-31-28-17-14-11-8-5-2/h10,12-13,15-16,19-25,44-46,50-51H,4-9,11,14,17-18,26-43H2,1-3H3,(H,49,52)/b13-10+,15-12-,19-16+,21-20+,23-22+,25-24+. The predicted octanol–water partition coefficient (Wildman–Crippen LogP) is 12.7. The van der Waals surface area contributed by atoms with E-state index >= 15 is 0 Å². The first-order valence-electron chi connectivity index (χ1n) is 22.2. The lowest BCUT2D eigenvalue weighted by molar-refractivity contribution is -0.151. The molecule has 0 rings (SSSR count). The highest BCUT2D eigenvalue weighted by Gasteiger charge is 2.24. The van der Waals surface area contributed by atoms with Gasteiger partial charge in [0, 0.05) is 6.42 Å². The second-order valence-electron chi connectivity index (χ2n) is 14.9. The van der Waals surface area contributed by atoms with Crippen LogP contribution in [-0.2, 0) is 14.3 Å². The summed E-state index contributed by atoms with van der Waals surface area (Å²) in [5.41, 5.74) is 0. The Morgan fingerprint density at radius 3 is 1.61 bits per heavy atom. The minimum Gasteiger partial charge on any atom is -0.462 e. The number of esters is 1. The summed E-state index contributed by atoms with van der Waals surface area (Å²) < 4.78 is 5.86. The third kappa shape index (κ3) is 36.3. The number of rotatable bonds is 38. The zero-order valence-corrected chi connectivity index (χ0v) is 35.1. The summed E-state index contributed by atoms with van der Waals surface area (Å²) in [6.07, 6.45) is 51.1. The van der Waals surface area contributed by atoms with E-state index in [0.717, 1.165) is 103 Å². The molecule has 6 nitrogen and oxygen atoms in total. The Labute approximate surface area is 332 Å². The van der Waals surface area contributed by atoms with Crippen LogP contribution in [0.3, 0.4) is 0 Å². The summed E-state index contributed by atoms with van der Waals surface area (Å²) in [6.45, 7) is 6.27. The lowest BCUT2D eigenvalue weighted by Gasteiger charge is -2.24. The first kappa shape index (κ1) is 51.3. The monoisotopic (exact) mass is 754 g/mol. The summed E-state index contributed by atoms with van der Waals surface area (Å²) in [6, 6.07) is -0.711. The highest BCUT2D eigenvalue weighted by Crippen LogP contribution is 2.16. The number of carbonyl (C=O) groups is 2. The Hall–Kier alpha value is -2.70. The Morgan fingerprint density at radius 1 is 0.537 bits per heavy atom. The number of allylic oxidation sites excluding steroid dienone is 12. The molecule has 0 aromatic carbocycles. The molecule has 0 aliphatic heterocycles. The Kier molecular flexibility index (Phi) is 39.4. The van der Waals surface area contributed by atoms with Gasteiger partial charge in [0.1, 0.15) is 6.10 Å². The Balaban J connectivity index is 4.56. The maximum Gasteiger partial charge on any atom is 0.306 e. The number of carbonyl (C=O) groups excluding carboxylic acids is 2. The van der Waals surface area contributed by atoms with Crippen LogP contribution in [0.15, 0.2) is 72.9 Å². The summed E-state index contributed by atoms with van der Waals surface area (Å²) in [5.74, 6) is -0.531. The lowest BCUT2D eigenvalue weighted by atomic mass is 10.0. The molecule has 3 unspecified atom stereocenters. The average Bonchev–Trinajstić information content (AvgIpc) is 3.16. The van der Waals surface area contributed by atoms with Gasteiger partial charge < -0.3 is 20.3 Å². The molecular weight excluding hydrogens is 671 g/mol. The fourth-order valence-electron chi connectivity index (χ4n) is 6.23. The van der Waals surface area contributed by atoms with Gasteiger partial charge in [-0.05, 0) is 64.2 Å². The van der Waals surface area contributed by atoms with Crippen molar-refractivity contribution in [3.05, 3.63) is 72.9 Å². The number of ether oxygens (including phenoxy) is 1. The van der Waals surface area contributed by atoms with Crippen LogP contribution in [0.4, 0.5) is 0 Å².